The van der Waals surface area contributed by atoms with E-state index in [9.17, 15) is 127 Å². The van der Waals surface area contributed by atoms with E-state index in [-0.39, 0.29) is 57.8 Å². The molecule has 50 nitrogen and oxygen atoms in total. The molecule has 32 unspecified atom stereocenters. The van der Waals surface area contributed by atoms with Gasteiger partial charge in [-0.2, -0.15) is 26.3 Å². The second kappa shape index (κ2) is 43.9. The zero-order valence-electron chi connectivity index (χ0n) is 77.6. The molecule has 56 heteroatoms. The number of ether oxygens (including phenoxy) is 29. The van der Waals surface area contributed by atoms with Gasteiger partial charge in [0, 0.05) is 31.3 Å². The van der Waals surface area contributed by atoms with E-state index < -0.39 is 375 Å². The van der Waals surface area contributed by atoms with E-state index in [1.165, 1.54) is 0 Å². The summed E-state index contributed by atoms with van der Waals surface area (Å²) in [6.45, 7) is 16.9. The van der Waals surface area contributed by atoms with Crippen LogP contribution in [0.25, 0.3) is 0 Å². The maximum atomic E-state index is 12.9. The minimum atomic E-state index is -5.02. The third-order valence-corrected chi connectivity index (χ3v) is 27.7. The first-order valence-electron chi connectivity index (χ1n) is 46.3. The molecule has 1 saturated carbocycles. The Kier molecular flexibility index (Phi) is 31.9. The number of rotatable bonds is 33. The zero-order chi connectivity index (χ0) is 106. The van der Waals surface area contributed by atoms with Gasteiger partial charge in [0.15, 0.2) is 106 Å². The van der Waals surface area contributed by atoms with Crippen LogP contribution >= 0.6 is 0 Å². The predicted molar refractivity (Wildman–Crippen MR) is 441 cm³/mol. The number of carbonyl (C=O) groups is 21. The maximum absolute atomic E-state index is 12.9. The largest absolute Gasteiger partial charge is 0.463 e. The molecule has 148 heavy (non-hydrogen) atoms. The smallest absolute Gasteiger partial charge is 0.422 e. The molecule has 0 N–H and O–H groups in total. The molecule has 20 rings (SSSR count). The summed E-state index contributed by atoms with van der Waals surface area (Å²) in [5.74, 6) is -27.3. The quantitative estimate of drug-likeness (QED) is 0.0234. The van der Waals surface area contributed by atoms with Gasteiger partial charge in [-0.1, -0.05) is 39.5 Å². The highest BCUT2D eigenvalue weighted by atomic mass is 19.4. The van der Waals surface area contributed by atoms with Crippen LogP contribution in [-0.4, -0.2) is 369 Å². The number of alkyl halides is 6. The molecule has 1 aliphatic carbocycles. The topological polar surface area (TPSA) is 626 Å². The van der Waals surface area contributed by atoms with E-state index in [2.05, 4.69) is 63.2 Å². The highest BCUT2D eigenvalue weighted by Gasteiger charge is 2.78. The normalized spacial score (nSPS) is 36.3. The number of esters is 20. The van der Waals surface area contributed by atoms with Crippen LogP contribution in [-0.2, 0) is 238 Å². The van der Waals surface area contributed by atoms with Crippen LogP contribution in [0.15, 0.2) is 74.4 Å². The first-order chi connectivity index (χ1) is 70.3. The molecule has 0 aromatic rings. The molecule has 19 saturated heterocycles. The Labute approximate surface area is 828 Å². The zero-order valence-corrected chi connectivity index (χ0v) is 77.6. The lowest BCUT2D eigenvalue weighted by molar-refractivity contribution is -0.190. The third kappa shape index (κ3) is 22.0. The Bertz CT molecular complexity index is 5410. The molecule has 804 valence electrons. The molecule has 12 bridgehead atoms. The third-order valence-electron chi connectivity index (χ3n) is 27.7. The van der Waals surface area contributed by atoms with E-state index in [1.807, 2.05) is 0 Å². The van der Waals surface area contributed by atoms with Gasteiger partial charge in [-0.3, -0.25) is 52.7 Å². The van der Waals surface area contributed by atoms with Crippen molar-refractivity contribution in [1.82, 2.24) is 0 Å². The summed E-state index contributed by atoms with van der Waals surface area (Å²) in [6.07, 6.45) is -20.6. The highest BCUT2D eigenvalue weighted by Crippen LogP contribution is 2.58. The minimum Gasteiger partial charge on any atom is -0.463 e. The van der Waals surface area contributed by atoms with Gasteiger partial charge in [0.2, 0.25) is 0 Å². The molecule has 0 amide bonds. The molecule has 0 spiro atoms. The van der Waals surface area contributed by atoms with Gasteiger partial charge in [-0.25, -0.2) is 47.9 Å². The molecule has 0 radical (unpaired) electrons. The summed E-state index contributed by atoms with van der Waals surface area (Å²) in [4.78, 5) is 252. The average Bonchev–Trinajstić information content (AvgIpc) is 1.56. The maximum Gasteiger partial charge on any atom is 0.422 e. The first-order valence-corrected chi connectivity index (χ1v) is 46.3. The molecule has 20 aliphatic rings. The van der Waals surface area contributed by atoms with E-state index in [0.717, 1.165) is 56.8 Å². The molecule has 0 aromatic heterocycles. The summed E-state index contributed by atoms with van der Waals surface area (Å²) < 4.78 is 226. The Morgan fingerprint density at radius 2 is 0.709 bits per heavy atom. The minimum absolute atomic E-state index is 0.00140. The lowest BCUT2D eigenvalue weighted by atomic mass is 9.78. The van der Waals surface area contributed by atoms with Gasteiger partial charge in [0.1, 0.15) is 170 Å². The second-order valence-corrected chi connectivity index (χ2v) is 37.0. The molecule has 19 aliphatic heterocycles. The van der Waals surface area contributed by atoms with Gasteiger partial charge in [-0.05, 0) is 63.9 Å². The fraction of sp³-hybridized carbons (Fsp3) is 0.641. The summed E-state index contributed by atoms with van der Waals surface area (Å²) in [5.41, 5.74) is -3.37. The Morgan fingerprint density at radius 1 is 0.378 bits per heavy atom. The van der Waals surface area contributed by atoms with E-state index in [4.69, 9.17) is 114 Å². The first kappa shape index (κ1) is 107. The van der Waals surface area contributed by atoms with Crippen LogP contribution in [0.1, 0.15) is 64.7 Å². The summed E-state index contributed by atoms with van der Waals surface area (Å²) in [5, 5.41) is 0. The summed E-state index contributed by atoms with van der Waals surface area (Å²) in [7, 11) is 0. The van der Waals surface area contributed by atoms with Crippen molar-refractivity contribution < 1.29 is 264 Å². The summed E-state index contributed by atoms with van der Waals surface area (Å²) in [6, 6.07) is 0. The van der Waals surface area contributed by atoms with Crippen molar-refractivity contribution in [3.63, 3.8) is 0 Å². The number of hydrogen-bond acceptors (Lipinski definition) is 50. The van der Waals surface area contributed by atoms with Gasteiger partial charge in [-0.15, -0.1) is 0 Å². The fourth-order valence-corrected chi connectivity index (χ4v) is 21.3. The van der Waals surface area contributed by atoms with Crippen molar-refractivity contribution in [3.05, 3.63) is 74.4 Å². The number of halogens is 6. The lowest BCUT2D eigenvalue weighted by Gasteiger charge is -2.29. The number of ketones is 1. The number of fused-ring (bicyclic) bond motifs is 7. The van der Waals surface area contributed by atoms with Crippen LogP contribution < -0.4 is 0 Å². The molecular formula is C92H94F6O50. The SMILES string of the molecule is C=C(C(=O)OCC(=O)OC1C2OC(=O)C3C2OC1C3C(=O)OC1COCOC1)C(F)(F)F.C=C(C(=O)OCC(=O)OC1C2OC(=O)C3C2OC1C3C(=O)OCC1CCCO1)C(F)(F)F.C=CC(=O)OCC(=O)OC1C2OC(=O)C3C2OC1C3C(=O)OC1CCCC1=O.C=CC(=O)OCC(=O)OC1C2OC(=O)C3C2OC1C3C(=O)OCC(=C)C.C=CC(=O)OCC(=O)OC1C2OC(=O)C3C2OC1C3C(=O)OCC12CCC(CC1)O2. The van der Waals surface area contributed by atoms with Gasteiger partial charge in [0.05, 0.1) is 25.4 Å². The van der Waals surface area contributed by atoms with E-state index in [0.29, 0.717) is 31.4 Å². The standard InChI is InChI=1S/C20H22O10.C19H19F3O10.C18H17F3O11.C18H18O10.C17H18O9/c1-2-10(21)25-7-11(22)27-16-14-12(13-15(28-14)17(16)29-19(13)24)18(23)26-8-20-5-3-9(30-20)4-6-20;1-7(19(20,21)22)16(24)29-6-9(23)30-14-12-10(11-13(31-12)15(14)32-18(11)26)17(25)28-5-8-3-2-4-27-8;1-6(18(19,20)21)15(23)28-4-8(22)30-13-11-9(10-12(31-11)14(13)32-17(10)25)16(24)29-7-2-26-5-27-3-7;1-2-9(20)24-6-10(21)26-15-13-11(12-14(27-13)16(15)28-18(12)23)17(22)25-8-5-3-4-7(8)19;1-4-8(18)22-6-9(19)24-14-12-10(16(20)23-5-7(2)3)11-13(25-12)15(14)26-17(11)21/h2,9,12-17H,1,3-8H2;8,10-15H,1-6H2;7,9-14H,1-5H2;2,8,11-16H,1,3-6H2;4,10-15H,1-2,5-6H2,3H3. The Balaban J connectivity index is 0.000000132. The Hall–Kier alpha value is -13.3. The lowest BCUT2D eigenvalue weighted by Crippen LogP contribution is -2.49. The van der Waals surface area contributed by atoms with Crippen molar-refractivity contribution in [2.45, 2.75) is 229 Å². The highest BCUT2D eigenvalue weighted by molar-refractivity contribution is 5.95. The van der Waals surface area contributed by atoms with Crippen LogP contribution in [0.4, 0.5) is 26.3 Å². The molecule has 32 atom stereocenters. The molecule has 0 aromatic carbocycles. The number of carbonyl (C=O) groups excluding carboxylic acids is 21. The molecule has 19 heterocycles. The predicted octanol–water partition coefficient (Wildman–Crippen LogP) is -1.63. The van der Waals surface area contributed by atoms with E-state index >= 15 is 0 Å². The average molecular weight is 2110 g/mol. The van der Waals surface area contributed by atoms with Crippen molar-refractivity contribution >= 4 is 125 Å². The van der Waals surface area contributed by atoms with Crippen molar-refractivity contribution in [2.24, 2.45) is 59.2 Å². The van der Waals surface area contributed by atoms with Crippen molar-refractivity contribution in [1.29, 1.82) is 0 Å². The van der Waals surface area contributed by atoms with Crippen LogP contribution in [0.2, 0.25) is 0 Å². The van der Waals surface area contributed by atoms with Crippen LogP contribution in [0.3, 0.4) is 0 Å². The second-order valence-electron chi connectivity index (χ2n) is 37.0. The van der Waals surface area contributed by atoms with Crippen molar-refractivity contribution in [3.8, 4) is 0 Å². The van der Waals surface area contributed by atoms with Gasteiger partial charge in [0.25, 0.3) is 0 Å². The van der Waals surface area contributed by atoms with Crippen LogP contribution in [0.5, 0.6) is 0 Å². The van der Waals surface area contributed by atoms with Crippen LogP contribution in [0, 0.1) is 59.2 Å². The summed E-state index contributed by atoms with van der Waals surface area (Å²) >= 11 is 0. The van der Waals surface area contributed by atoms with Crippen molar-refractivity contribution in [2.75, 3.05) is 79.5 Å². The Morgan fingerprint density at radius 3 is 1.01 bits per heavy atom. The van der Waals surface area contributed by atoms with Gasteiger partial charge < -0.3 is 137 Å². The number of Topliss-reactive ketones (excluding diaryl/α,β-unsaturated/α-hetero) is 1. The molecule has 20 fully saturated rings. The monoisotopic (exact) mass is 2110 g/mol. The van der Waals surface area contributed by atoms with Gasteiger partial charge >= 0.3 is 132 Å². The fourth-order valence-electron chi connectivity index (χ4n) is 21.3. The van der Waals surface area contributed by atoms with E-state index in [1.54, 1.807) is 6.92 Å². The molecular weight excluding hydrogens is 2020 g/mol. The number of hydrogen-bond donors (Lipinski definition) is 0.